The van der Waals surface area contributed by atoms with Gasteiger partial charge in [0, 0.05) is 25.7 Å². The molecule has 0 atom stereocenters. The Morgan fingerprint density at radius 3 is 2.70 bits per heavy atom. The van der Waals surface area contributed by atoms with Crippen LogP contribution in [-0.4, -0.2) is 32.8 Å². The highest BCUT2D eigenvalue weighted by Gasteiger charge is 2.15. The molecule has 0 radical (unpaired) electrons. The summed E-state index contributed by atoms with van der Waals surface area (Å²) < 4.78 is 35.1. The van der Waals surface area contributed by atoms with Gasteiger partial charge in [-0.15, -0.1) is 30.6 Å². The van der Waals surface area contributed by atoms with Crippen molar-refractivity contribution < 1.29 is 18.3 Å². The predicted octanol–water partition coefficient (Wildman–Crippen LogP) is 3.16. The summed E-state index contributed by atoms with van der Waals surface area (Å²) in [4.78, 5) is 4.02. The number of nitrogens with zero attached hydrogens (tertiary/aromatic N) is 1. The Hall–Kier alpha value is -1.58. The Balaban J connectivity index is 0.00000484. The van der Waals surface area contributed by atoms with Crippen molar-refractivity contribution in [3.05, 3.63) is 36.4 Å². The van der Waals surface area contributed by atoms with Crippen LogP contribution in [0.25, 0.3) is 0 Å². The first-order chi connectivity index (χ1) is 10.6. The molecule has 0 aliphatic carbocycles. The molecular weight excluding hydrogens is 419 g/mol. The Kier molecular flexibility index (Phi) is 11.1. The van der Waals surface area contributed by atoms with Crippen molar-refractivity contribution in [2.24, 2.45) is 4.99 Å². The maximum absolute atomic E-state index is 12.6. The van der Waals surface area contributed by atoms with Crippen molar-refractivity contribution in [1.29, 1.82) is 0 Å². The van der Waals surface area contributed by atoms with Gasteiger partial charge in [-0.3, -0.25) is 4.99 Å². The zero-order valence-electron chi connectivity index (χ0n) is 13.1. The minimum Gasteiger partial charge on any atom is -0.490 e. The molecule has 130 valence electrons. The molecule has 0 aromatic heterocycles. The Labute approximate surface area is 152 Å². The monoisotopic (exact) mass is 441 g/mol. The highest BCUT2D eigenvalue weighted by atomic mass is 127. The fraction of sp³-hybridized carbons (Fsp3) is 0.400. The van der Waals surface area contributed by atoms with Crippen LogP contribution >= 0.6 is 24.0 Å². The van der Waals surface area contributed by atoms with Crippen molar-refractivity contribution in [1.82, 2.24) is 10.6 Å². The van der Waals surface area contributed by atoms with Crippen molar-refractivity contribution in [3.8, 4) is 11.5 Å². The normalized spacial score (nSPS) is 10.7. The van der Waals surface area contributed by atoms with E-state index in [2.05, 4.69) is 26.9 Å². The molecule has 0 saturated heterocycles. The first-order valence-corrected chi connectivity index (χ1v) is 6.87. The number of nitrogens with one attached hydrogen (secondary N) is 2. The zero-order chi connectivity index (χ0) is 16.4. The van der Waals surface area contributed by atoms with Gasteiger partial charge in [0.2, 0.25) is 0 Å². The zero-order valence-corrected chi connectivity index (χ0v) is 15.5. The molecule has 5 nitrogen and oxygen atoms in total. The third-order valence-corrected chi connectivity index (χ3v) is 2.65. The van der Waals surface area contributed by atoms with Crippen LogP contribution in [0.4, 0.5) is 8.78 Å². The van der Waals surface area contributed by atoms with Crippen molar-refractivity contribution in [2.75, 3.05) is 20.2 Å². The van der Waals surface area contributed by atoms with Gasteiger partial charge in [-0.05, 0) is 13.0 Å². The lowest BCUT2D eigenvalue weighted by atomic mass is 10.2. The first-order valence-electron chi connectivity index (χ1n) is 6.87. The van der Waals surface area contributed by atoms with E-state index in [1.54, 1.807) is 38.2 Å². The summed E-state index contributed by atoms with van der Waals surface area (Å²) in [6.45, 7) is 3.62. The van der Waals surface area contributed by atoms with Crippen LogP contribution in [0.1, 0.15) is 12.5 Å². The number of benzene rings is 1. The number of rotatable bonds is 8. The van der Waals surface area contributed by atoms with Crippen LogP contribution in [-0.2, 0) is 6.54 Å². The Bertz CT molecular complexity index is 513. The molecule has 23 heavy (non-hydrogen) atoms. The molecular formula is C15H22F2IN3O2. The molecule has 0 unspecified atom stereocenters. The van der Waals surface area contributed by atoms with Crippen molar-refractivity contribution in [2.45, 2.75) is 20.1 Å². The van der Waals surface area contributed by atoms with E-state index in [0.29, 0.717) is 24.7 Å². The van der Waals surface area contributed by atoms with Gasteiger partial charge in [-0.1, -0.05) is 18.2 Å². The number of halogens is 3. The highest BCUT2D eigenvalue weighted by Crippen LogP contribution is 2.32. The van der Waals surface area contributed by atoms with Crippen molar-refractivity contribution in [3.63, 3.8) is 0 Å². The molecule has 0 saturated carbocycles. The van der Waals surface area contributed by atoms with Gasteiger partial charge in [0.1, 0.15) is 0 Å². The van der Waals surface area contributed by atoms with Crippen LogP contribution in [0.3, 0.4) is 0 Å². The number of para-hydroxylation sites is 1. The van der Waals surface area contributed by atoms with E-state index in [4.69, 9.17) is 4.74 Å². The SMILES string of the molecule is C=CCNC(=NC)NCc1cccc(OCC)c1OC(F)F.I. The van der Waals surface area contributed by atoms with Gasteiger partial charge in [0.25, 0.3) is 0 Å². The minimum absolute atomic E-state index is 0. The molecule has 1 aromatic carbocycles. The van der Waals surface area contributed by atoms with E-state index in [9.17, 15) is 8.78 Å². The van der Waals surface area contributed by atoms with E-state index in [1.807, 2.05) is 0 Å². The molecule has 0 spiro atoms. The van der Waals surface area contributed by atoms with E-state index in [0.717, 1.165) is 0 Å². The van der Waals surface area contributed by atoms with Gasteiger partial charge >= 0.3 is 6.61 Å². The van der Waals surface area contributed by atoms with Gasteiger partial charge in [0.05, 0.1) is 6.61 Å². The minimum atomic E-state index is -2.92. The Morgan fingerprint density at radius 1 is 1.39 bits per heavy atom. The number of hydrogen-bond donors (Lipinski definition) is 2. The second-order valence-electron chi connectivity index (χ2n) is 4.15. The van der Waals surface area contributed by atoms with Crippen LogP contribution in [0.2, 0.25) is 0 Å². The van der Waals surface area contributed by atoms with Crippen molar-refractivity contribution >= 4 is 29.9 Å². The quantitative estimate of drug-likeness (QED) is 0.282. The highest BCUT2D eigenvalue weighted by molar-refractivity contribution is 14.0. The third-order valence-electron chi connectivity index (χ3n) is 2.65. The molecule has 1 rings (SSSR count). The van der Waals surface area contributed by atoms with E-state index < -0.39 is 6.61 Å². The summed E-state index contributed by atoms with van der Waals surface area (Å²) in [7, 11) is 1.62. The average Bonchev–Trinajstić information content (AvgIpc) is 2.50. The summed E-state index contributed by atoms with van der Waals surface area (Å²) in [5, 5.41) is 6.00. The van der Waals surface area contributed by atoms with Crippen LogP contribution in [0.15, 0.2) is 35.8 Å². The smallest absolute Gasteiger partial charge is 0.387 e. The largest absolute Gasteiger partial charge is 0.490 e. The number of hydrogen-bond acceptors (Lipinski definition) is 3. The molecule has 8 heteroatoms. The molecule has 0 aliphatic heterocycles. The lowest BCUT2D eigenvalue weighted by Gasteiger charge is -2.16. The van der Waals surface area contributed by atoms with Gasteiger partial charge in [0.15, 0.2) is 17.5 Å². The molecule has 2 N–H and O–H groups in total. The maximum atomic E-state index is 12.6. The second kappa shape index (κ2) is 11.9. The van der Waals surface area contributed by atoms with Gasteiger partial charge in [-0.2, -0.15) is 8.78 Å². The average molecular weight is 441 g/mol. The summed E-state index contributed by atoms with van der Waals surface area (Å²) in [5.74, 6) is 0.854. The van der Waals surface area contributed by atoms with Crippen LogP contribution in [0.5, 0.6) is 11.5 Å². The Morgan fingerprint density at radius 2 is 2.13 bits per heavy atom. The van der Waals surface area contributed by atoms with Gasteiger partial charge in [-0.25, -0.2) is 0 Å². The summed E-state index contributed by atoms with van der Waals surface area (Å²) in [6, 6.07) is 5.00. The number of alkyl halides is 2. The third kappa shape index (κ3) is 7.49. The molecule has 0 amide bonds. The van der Waals surface area contributed by atoms with Gasteiger partial charge < -0.3 is 20.1 Å². The topological polar surface area (TPSA) is 54.9 Å². The fourth-order valence-electron chi connectivity index (χ4n) is 1.76. The summed E-state index contributed by atoms with van der Waals surface area (Å²) >= 11 is 0. The molecule has 0 heterocycles. The maximum Gasteiger partial charge on any atom is 0.387 e. The molecule has 1 aromatic rings. The predicted molar refractivity (Wildman–Crippen MR) is 98.1 cm³/mol. The van der Waals surface area contributed by atoms with E-state index in [1.165, 1.54) is 0 Å². The summed E-state index contributed by atoms with van der Waals surface area (Å²) in [5.41, 5.74) is 0.549. The molecule has 0 aliphatic rings. The van der Waals surface area contributed by atoms with Crippen LogP contribution in [0, 0.1) is 0 Å². The number of guanidine groups is 1. The first kappa shape index (κ1) is 21.4. The van der Waals surface area contributed by atoms with E-state index in [-0.39, 0.29) is 42.0 Å². The molecule has 0 bridgehead atoms. The number of ether oxygens (including phenoxy) is 2. The lowest BCUT2D eigenvalue weighted by Crippen LogP contribution is -2.36. The molecule has 0 fully saturated rings. The standard InChI is InChI=1S/C15H21F2N3O2.HI/c1-4-9-19-15(18-3)20-10-11-7-6-8-12(21-5-2)13(11)22-14(16)17;/h4,6-8,14H,1,5,9-10H2,2-3H3,(H2,18,19,20);1H. The van der Waals surface area contributed by atoms with Crippen LogP contribution < -0.4 is 20.1 Å². The fourth-order valence-corrected chi connectivity index (χ4v) is 1.76. The van der Waals surface area contributed by atoms with E-state index >= 15 is 0 Å². The summed E-state index contributed by atoms with van der Waals surface area (Å²) in [6.07, 6.45) is 1.69. The number of aliphatic imine (C=N–C) groups is 1. The second-order valence-corrected chi connectivity index (χ2v) is 4.15. The lowest BCUT2D eigenvalue weighted by molar-refractivity contribution is -0.0520.